The van der Waals surface area contributed by atoms with Crippen LogP contribution in [0.15, 0.2) is 17.5 Å². The second kappa shape index (κ2) is 3.32. The molecule has 0 fully saturated rings. The number of aromatic nitrogens is 2. The van der Waals surface area contributed by atoms with Crippen molar-refractivity contribution >= 4 is 6.02 Å². The van der Waals surface area contributed by atoms with E-state index in [4.69, 9.17) is 10.5 Å². The number of hydrogen-bond acceptors (Lipinski definition) is 4. The van der Waals surface area contributed by atoms with E-state index in [1.807, 2.05) is 0 Å². The quantitative estimate of drug-likeness (QED) is 0.759. The summed E-state index contributed by atoms with van der Waals surface area (Å²) in [7, 11) is 0. The predicted octanol–water partition coefficient (Wildman–Crippen LogP) is 0.850. The molecule has 76 valence electrons. The number of aliphatic imine (C=N–C) groups is 1. The van der Waals surface area contributed by atoms with Crippen LogP contribution in [0.2, 0.25) is 0 Å². The zero-order chi connectivity index (χ0) is 10.1. The van der Waals surface area contributed by atoms with Gasteiger partial charge < -0.3 is 15.0 Å². The Hall–Kier alpha value is -1.52. The molecule has 0 saturated heterocycles. The topological polar surface area (TPSA) is 65.4 Å². The highest BCUT2D eigenvalue weighted by Crippen LogP contribution is 2.23. The Morgan fingerprint density at radius 2 is 2.43 bits per heavy atom. The van der Waals surface area contributed by atoms with Gasteiger partial charge >= 0.3 is 0 Å². The maximum atomic E-state index is 5.46. The molecule has 2 heterocycles. The third kappa shape index (κ3) is 1.45. The Balaban J connectivity index is 2.21. The van der Waals surface area contributed by atoms with E-state index in [0.717, 1.165) is 5.69 Å². The summed E-state index contributed by atoms with van der Waals surface area (Å²) >= 11 is 0. The van der Waals surface area contributed by atoms with E-state index >= 15 is 0 Å². The number of nitrogens with two attached hydrogens (primary N) is 1. The average Bonchev–Trinajstić information content (AvgIpc) is 2.70. The van der Waals surface area contributed by atoms with Crippen molar-refractivity contribution in [2.75, 3.05) is 6.54 Å². The van der Waals surface area contributed by atoms with E-state index in [1.165, 1.54) is 0 Å². The van der Waals surface area contributed by atoms with Gasteiger partial charge in [0.1, 0.15) is 0 Å². The molecule has 14 heavy (non-hydrogen) atoms. The molecule has 2 rings (SSSR count). The first-order chi connectivity index (χ1) is 6.68. The molecular formula is C9H14N4O. The zero-order valence-corrected chi connectivity index (χ0v) is 8.34. The molecule has 0 aliphatic carbocycles. The predicted molar refractivity (Wildman–Crippen MR) is 52.9 cm³/mol. The van der Waals surface area contributed by atoms with E-state index in [-0.39, 0.29) is 12.1 Å². The standard InChI is InChI=1S/C9H14N4O/c1-6(2)13-5-11-3-7(13)8-4-12-9(10)14-8/h3,5-6,8H,4H2,1-2H3,(H2,10,12). The molecule has 1 atom stereocenters. The van der Waals surface area contributed by atoms with Gasteiger partial charge in [0.25, 0.3) is 6.02 Å². The minimum absolute atomic E-state index is 0.0695. The summed E-state index contributed by atoms with van der Waals surface area (Å²) in [6, 6.07) is 0.643. The minimum Gasteiger partial charge on any atom is -0.454 e. The van der Waals surface area contributed by atoms with Crippen molar-refractivity contribution in [1.29, 1.82) is 0 Å². The van der Waals surface area contributed by atoms with Crippen molar-refractivity contribution in [3.8, 4) is 0 Å². The molecule has 1 unspecified atom stereocenters. The molecule has 2 N–H and O–H groups in total. The monoisotopic (exact) mass is 194 g/mol. The normalized spacial score (nSPS) is 21.1. The van der Waals surface area contributed by atoms with Crippen LogP contribution in [0.25, 0.3) is 0 Å². The van der Waals surface area contributed by atoms with E-state index in [9.17, 15) is 0 Å². The second-order valence-electron chi connectivity index (χ2n) is 3.60. The van der Waals surface area contributed by atoms with Crippen LogP contribution in [0.1, 0.15) is 31.7 Å². The third-order valence-corrected chi connectivity index (χ3v) is 2.26. The lowest BCUT2D eigenvalue weighted by atomic mass is 10.2. The summed E-state index contributed by atoms with van der Waals surface area (Å²) in [5.74, 6) is 0. The highest BCUT2D eigenvalue weighted by Gasteiger charge is 2.23. The molecule has 0 amide bonds. The van der Waals surface area contributed by atoms with Crippen LogP contribution in [0.4, 0.5) is 0 Å². The highest BCUT2D eigenvalue weighted by molar-refractivity contribution is 5.73. The van der Waals surface area contributed by atoms with Gasteiger partial charge in [-0.1, -0.05) is 0 Å². The van der Waals surface area contributed by atoms with Crippen molar-refractivity contribution < 1.29 is 4.74 Å². The first-order valence-electron chi connectivity index (χ1n) is 4.67. The van der Waals surface area contributed by atoms with Gasteiger partial charge in [0.15, 0.2) is 6.10 Å². The molecule has 1 aliphatic rings. The molecular weight excluding hydrogens is 180 g/mol. The van der Waals surface area contributed by atoms with E-state index in [0.29, 0.717) is 12.6 Å². The molecule has 5 nitrogen and oxygen atoms in total. The summed E-state index contributed by atoms with van der Waals surface area (Å²) < 4.78 is 7.43. The maximum Gasteiger partial charge on any atom is 0.282 e. The number of imidazole rings is 1. The van der Waals surface area contributed by atoms with Crippen LogP contribution in [-0.4, -0.2) is 22.1 Å². The number of hydrogen-bond donors (Lipinski definition) is 1. The van der Waals surface area contributed by atoms with Crippen LogP contribution in [-0.2, 0) is 4.74 Å². The lowest BCUT2D eigenvalue weighted by Crippen LogP contribution is -2.16. The number of ether oxygens (including phenoxy) is 1. The molecule has 0 saturated carbocycles. The molecule has 1 aliphatic heterocycles. The van der Waals surface area contributed by atoms with Crippen molar-refractivity contribution in [2.45, 2.75) is 26.0 Å². The molecule has 0 bridgehead atoms. The molecule has 0 spiro atoms. The third-order valence-electron chi connectivity index (χ3n) is 2.26. The fraction of sp³-hybridized carbons (Fsp3) is 0.556. The van der Waals surface area contributed by atoms with Gasteiger partial charge in [-0.25, -0.2) is 9.98 Å². The number of amidine groups is 1. The first-order valence-corrected chi connectivity index (χ1v) is 4.67. The SMILES string of the molecule is CC(C)n1cncc1C1CN=C(N)O1. The largest absolute Gasteiger partial charge is 0.454 e. The van der Waals surface area contributed by atoms with Gasteiger partial charge in [-0.3, -0.25) is 0 Å². The van der Waals surface area contributed by atoms with Crippen LogP contribution in [0, 0.1) is 0 Å². The Morgan fingerprint density at radius 3 is 3.00 bits per heavy atom. The summed E-state index contributed by atoms with van der Waals surface area (Å²) in [5.41, 5.74) is 6.49. The van der Waals surface area contributed by atoms with Crippen molar-refractivity contribution in [2.24, 2.45) is 10.7 Å². The van der Waals surface area contributed by atoms with Crippen LogP contribution >= 0.6 is 0 Å². The fourth-order valence-electron chi connectivity index (χ4n) is 1.54. The summed E-state index contributed by atoms with van der Waals surface area (Å²) in [4.78, 5) is 8.11. The lowest BCUT2D eigenvalue weighted by Gasteiger charge is -2.15. The van der Waals surface area contributed by atoms with E-state index in [2.05, 4.69) is 28.4 Å². The van der Waals surface area contributed by atoms with Gasteiger partial charge in [0, 0.05) is 6.04 Å². The molecule has 1 aromatic heterocycles. The Bertz CT molecular complexity index is 355. The minimum atomic E-state index is -0.0695. The second-order valence-corrected chi connectivity index (χ2v) is 3.60. The van der Waals surface area contributed by atoms with Crippen LogP contribution in [0.5, 0.6) is 0 Å². The summed E-state index contributed by atoms with van der Waals surface area (Å²) in [6.07, 6.45) is 3.54. The number of rotatable bonds is 2. The van der Waals surface area contributed by atoms with Gasteiger partial charge in [0.2, 0.25) is 0 Å². The zero-order valence-electron chi connectivity index (χ0n) is 8.34. The number of nitrogens with zero attached hydrogens (tertiary/aromatic N) is 3. The van der Waals surface area contributed by atoms with Gasteiger partial charge in [-0.15, -0.1) is 0 Å². The van der Waals surface area contributed by atoms with E-state index < -0.39 is 0 Å². The van der Waals surface area contributed by atoms with Crippen LogP contribution < -0.4 is 5.73 Å². The maximum absolute atomic E-state index is 5.46. The van der Waals surface area contributed by atoms with E-state index in [1.54, 1.807) is 12.5 Å². The molecule has 5 heteroatoms. The first kappa shape index (κ1) is 9.05. The molecule has 0 aromatic carbocycles. The van der Waals surface area contributed by atoms with Gasteiger partial charge in [0.05, 0.1) is 24.8 Å². The fourth-order valence-corrected chi connectivity index (χ4v) is 1.54. The average molecular weight is 194 g/mol. The van der Waals surface area contributed by atoms with Crippen molar-refractivity contribution in [1.82, 2.24) is 9.55 Å². The van der Waals surface area contributed by atoms with Crippen LogP contribution in [0.3, 0.4) is 0 Å². The van der Waals surface area contributed by atoms with Crippen molar-refractivity contribution in [3.63, 3.8) is 0 Å². The Labute approximate surface area is 82.6 Å². The van der Waals surface area contributed by atoms with Gasteiger partial charge in [-0.2, -0.15) is 0 Å². The summed E-state index contributed by atoms with van der Waals surface area (Å²) in [5, 5.41) is 0. The smallest absolute Gasteiger partial charge is 0.282 e. The summed E-state index contributed by atoms with van der Waals surface area (Å²) in [6.45, 7) is 4.79. The Morgan fingerprint density at radius 1 is 1.64 bits per heavy atom. The van der Waals surface area contributed by atoms with Gasteiger partial charge in [-0.05, 0) is 13.8 Å². The molecule has 0 radical (unpaired) electrons. The lowest BCUT2D eigenvalue weighted by molar-refractivity contribution is 0.213. The molecule has 1 aromatic rings. The Kier molecular flexibility index (Phi) is 2.15. The van der Waals surface area contributed by atoms with Crippen molar-refractivity contribution in [3.05, 3.63) is 18.2 Å². The highest BCUT2D eigenvalue weighted by atomic mass is 16.5.